The Balaban J connectivity index is 1.74. The van der Waals surface area contributed by atoms with Gasteiger partial charge in [-0.05, 0) is 47.2 Å². The number of nitrogens with zero attached hydrogens (tertiary/aromatic N) is 1. The maximum absolute atomic E-state index is 13.6. The van der Waals surface area contributed by atoms with Gasteiger partial charge >= 0.3 is 0 Å². The molecule has 0 bridgehead atoms. The number of rotatable bonds is 4. The highest BCUT2D eigenvalue weighted by Gasteiger charge is 2.51. The zero-order valence-corrected chi connectivity index (χ0v) is 19.9. The molecular formula is C30H24BrNO. The fourth-order valence-corrected chi connectivity index (χ4v) is 6.22. The van der Waals surface area contributed by atoms with E-state index < -0.39 is 5.41 Å². The molecule has 1 spiro atoms. The van der Waals surface area contributed by atoms with E-state index >= 15 is 0 Å². The highest BCUT2D eigenvalue weighted by Crippen LogP contribution is 2.58. The van der Waals surface area contributed by atoms with E-state index in [0.29, 0.717) is 0 Å². The van der Waals surface area contributed by atoms with Gasteiger partial charge in [0.15, 0.2) is 5.78 Å². The van der Waals surface area contributed by atoms with Gasteiger partial charge in [-0.25, -0.2) is 0 Å². The van der Waals surface area contributed by atoms with E-state index in [2.05, 4.69) is 93.6 Å². The second-order valence-corrected chi connectivity index (χ2v) is 9.55. The Morgan fingerprint density at radius 3 is 1.58 bits per heavy atom. The van der Waals surface area contributed by atoms with E-state index in [1.165, 1.54) is 22.5 Å². The number of ketones is 1. The molecule has 1 heterocycles. The molecule has 0 aromatic heterocycles. The molecule has 1 aliphatic heterocycles. The topological polar surface area (TPSA) is 20.3 Å². The van der Waals surface area contributed by atoms with Gasteiger partial charge in [0.25, 0.3) is 0 Å². The molecule has 162 valence electrons. The lowest BCUT2D eigenvalue weighted by molar-refractivity contribution is 0.103. The van der Waals surface area contributed by atoms with Crippen LogP contribution in [0, 0.1) is 0 Å². The first-order valence-electron chi connectivity index (χ1n) is 11.5. The highest BCUT2D eigenvalue weighted by molar-refractivity contribution is 9.09. The monoisotopic (exact) mass is 493 g/mol. The minimum Gasteiger partial charge on any atom is -0.341 e. The molecule has 6 rings (SSSR count). The van der Waals surface area contributed by atoms with Crippen LogP contribution < -0.4 is 4.90 Å². The van der Waals surface area contributed by atoms with E-state index in [-0.39, 0.29) is 5.78 Å². The number of anilines is 2. The van der Waals surface area contributed by atoms with E-state index in [1.54, 1.807) is 0 Å². The summed E-state index contributed by atoms with van der Waals surface area (Å²) < 4.78 is 0. The maximum atomic E-state index is 13.6. The molecule has 33 heavy (non-hydrogen) atoms. The Kier molecular flexibility index (Phi) is 4.95. The van der Waals surface area contributed by atoms with Crippen molar-refractivity contribution in [2.75, 3.05) is 16.8 Å². The lowest BCUT2D eigenvalue weighted by Crippen LogP contribution is -2.43. The van der Waals surface area contributed by atoms with Crippen molar-refractivity contribution in [1.29, 1.82) is 0 Å². The molecule has 0 radical (unpaired) electrons. The number of para-hydroxylation sites is 2. The molecule has 4 aromatic rings. The molecular weight excluding hydrogens is 470 g/mol. The maximum Gasteiger partial charge on any atom is 0.193 e. The summed E-state index contributed by atoms with van der Waals surface area (Å²) in [4.78, 5) is 16.1. The smallest absolute Gasteiger partial charge is 0.193 e. The summed E-state index contributed by atoms with van der Waals surface area (Å²) >= 11 is 3.59. The minimum atomic E-state index is -0.528. The van der Waals surface area contributed by atoms with E-state index in [9.17, 15) is 4.79 Å². The number of benzene rings is 4. The van der Waals surface area contributed by atoms with Crippen LogP contribution >= 0.6 is 15.9 Å². The van der Waals surface area contributed by atoms with Crippen LogP contribution in [0.25, 0.3) is 0 Å². The summed E-state index contributed by atoms with van der Waals surface area (Å²) in [5.74, 6) is 0.113. The Hall–Kier alpha value is -3.17. The summed E-state index contributed by atoms with van der Waals surface area (Å²) in [5, 5.41) is 1.01. The third-order valence-corrected chi connectivity index (χ3v) is 7.68. The molecule has 0 fully saturated rings. The zero-order chi connectivity index (χ0) is 22.4. The normalized spacial score (nSPS) is 14.9. The standard InChI is InChI=1S/C30H24BrNO/c31-19-9-10-20-32-27-17-7-5-15-25(27)30(26-16-6-8-18-28(26)32)23-13-3-1-11-21(23)29(33)22-12-2-4-14-24(22)30/h1-8,11-18H,9-10,19-20H2. The number of unbranched alkanes of at least 4 members (excludes halogenated alkanes) is 1. The van der Waals surface area contributed by atoms with E-state index in [4.69, 9.17) is 0 Å². The molecule has 2 aliphatic rings. The van der Waals surface area contributed by atoms with Crippen molar-refractivity contribution in [3.63, 3.8) is 0 Å². The molecule has 2 nitrogen and oxygen atoms in total. The van der Waals surface area contributed by atoms with Gasteiger partial charge < -0.3 is 4.90 Å². The molecule has 3 heteroatoms. The van der Waals surface area contributed by atoms with Crippen LogP contribution in [0.2, 0.25) is 0 Å². The fourth-order valence-electron chi connectivity index (χ4n) is 5.82. The highest BCUT2D eigenvalue weighted by atomic mass is 79.9. The molecule has 1 aliphatic carbocycles. The zero-order valence-electron chi connectivity index (χ0n) is 18.3. The van der Waals surface area contributed by atoms with Gasteiger partial charge in [-0.15, -0.1) is 0 Å². The fraction of sp³-hybridized carbons (Fsp3) is 0.167. The lowest BCUT2D eigenvalue weighted by Gasteiger charge is -2.49. The quantitative estimate of drug-likeness (QED) is 0.194. The van der Waals surface area contributed by atoms with Gasteiger partial charge in [0.05, 0.1) is 5.41 Å². The van der Waals surface area contributed by atoms with Crippen LogP contribution in [-0.4, -0.2) is 17.7 Å². The lowest BCUT2D eigenvalue weighted by atomic mass is 9.57. The first-order valence-corrected chi connectivity index (χ1v) is 12.7. The molecule has 0 unspecified atom stereocenters. The van der Waals surface area contributed by atoms with Crippen molar-refractivity contribution in [3.05, 3.63) is 130 Å². The molecule has 0 saturated heterocycles. The van der Waals surface area contributed by atoms with Crippen molar-refractivity contribution in [1.82, 2.24) is 0 Å². The van der Waals surface area contributed by atoms with Crippen LogP contribution in [0.3, 0.4) is 0 Å². The number of carbonyl (C=O) groups excluding carboxylic acids is 1. The van der Waals surface area contributed by atoms with Crippen molar-refractivity contribution in [3.8, 4) is 0 Å². The van der Waals surface area contributed by atoms with Crippen molar-refractivity contribution >= 4 is 33.1 Å². The summed E-state index contributed by atoms with van der Waals surface area (Å²) in [6, 6.07) is 33.9. The van der Waals surface area contributed by atoms with Crippen molar-refractivity contribution in [2.45, 2.75) is 18.3 Å². The van der Waals surface area contributed by atoms with Gasteiger partial charge in [-0.1, -0.05) is 101 Å². The average molecular weight is 494 g/mol. The number of hydrogen-bond acceptors (Lipinski definition) is 2. The first kappa shape index (κ1) is 20.4. The Labute approximate surface area is 203 Å². The van der Waals surface area contributed by atoms with E-state index in [1.807, 2.05) is 24.3 Å². The summed E-state index contributed by atoms with van der Waals surface area (Å²) in [5.41, 5.74) is 8.17. The number of alkyl halides is 1. The predicted octanol–water partition coefficient (Wildman–Crippen LogP) is 7.24. The van der Waals surface area contributed by atoms with Crippen LogP contribution in [0.15, 0.2) is 97.1 Å². The number of hydrogen-bond donors (Lipinski definition) is 0. The average Bonchev–Trinajstić information content (AvgIpc) is 2.88. The summed E-state index contributed by atoms with van der Waals surface area (Å²) in [6.45, 7) is 0.956. The van der Waals surface area contributed by atoms with Gasteiger partial charge in [0.2, 0.25) is 0 Å². The minimum absolute atomic E-state index is 0.113. The van der Waals surface area contributed by atoms with Crippen LogP contribution in [-0.2, 0) is 5.41 Å². The number of fused-ring (bicyclic) bond motifs is 8. The van der Waals surface area contributed by atoms with Gasteiger partial charge in [0, 0.05) is 34.4 Å². The third kappa shape index (κ3) is 2.82. The third-order valence-electron chi connectivity index (χ3n) is 7.11. The van der Waals surface area contributed by atoms with Crippen LogP contribution in [0.1, 0.15) is 51.0 Å². The number of halogens is 1. The molecule has 0 saturated carbocycles. The molecule has 0 atom stereocenters. The Morgan fingerprint density at radius 1 is 0.606 bits per heavy atom. The molecule has 0 amide bonds. The SMILES string of the molecule is O=C1c2ccccc2C2(c3ccccc31)c1ccccc1N(CCCCBr)c1ccccc12. The second-order valence-electron chi connectivity index (χ2n) is 8.75. The Morgan fingerprint density at radius 2 is 1.06 bits per heavy atom. The van der Waals surface area contributed by atoms with Crippen LogP contribution in [0.4, 0.5) is 11.4 Å². The predicted molar refractivity (Wildman–Crippen MR) is 138 cm³/mol. The summed E-state index contributed by atoms with van der Waals surface area (Å²) in [6.07, 6.45) is 2.23. The Bertz CT molecular complexity index is 1280. The number of carbonyl (C=O) groups is 1. The molecule has 4 aromatic carbocycles. The van der Waals surface area contributed by atoms with Gasteiger partial charge in [-0.3, -0.25) is 4.79 Å². The summed E-state index contributed by atoms with van der Waals surface area (Å²) in [7, 11) is 0. The van der Waals surface area contributed by atoms with Gasteiger partial charge in [0.1, 0.15) is 0 Å². The van der Waals surface area contributed by atoms with Crippen molar-refractivity contribution < 1.29 is 4.79 Å². The van der Waals surface area contributed by atoms with Crippen molar-refractivity contribution in [2.24, 2.45) is 0 Å². The van der Waals surface area contributed by atoms with E-state index in [0.717, 1.165) is 47.0 Å². The van der Waals surface area contributed by atoms with Crippen LogP contribution in [0.5, 0.6) is 0 Å². The van der Waals surface area contributed by atoms with Gasteiger partial charge in [-0.2, -0.15) is 0 Å². The molecule has 0 N–H and O–H groups in total. The second kappa shape index (κ2) is 8.00. The first-order chi connectivity index (χ1) is 16.3. The largest absolute Gasteiger partial charge is 0.341 e.